The summed E-state index contributed by atoms with van der Waals surface area (Å²) in [6.07, 6.45) is 0. The first kappa shape index (κ1) is 15.1. The molecular weight excluding hydrogens is 278 g/mol. The highest BCUT2D eigenvalue weighted by atomic mass is 19.2. The number of nitrogens with one attached hydrogen (secondary N) is 1. The summed E-state index contributed by atoms with van der Waals surface area (Å²) >= 11 is 0. The van der Waals surface area contributed by atoms with E-state index in [1.807, 2.05) is 0 Å². The summed E-state index contributed by atoms with van der Waals surface area (Å²) in [6.45, 7) is 2.44. The van der Waals surface area contributed by atoms with Crippen LogP contribution in [0, 0.1) is 28.7 Å². The van der Waals surface area contributed by atoms with Crippen LogP contribution < -0.4 is 5.32 Å². The summed E-state index contributed by atoms with van der Waals surface area (Å²) in [7, 11) is 0. The lowest BCUT2D eigenvalue weighted by atomic mass is 10.1. The molecule has 0 saturated heterocycles. The molecule has 0 bridgehead atoms. The van der Waals surface area contributed by atoms with Crippen molar-refractivity contribution in [3.05, 3.63) is 74.8 Å². The summed E-state index contributed by atoms with van der Waals surface area (Å²) in [4.78, 5) is 10.4. The number of hydrogen-bond donors (Lipinski definition) is 1. The van der Waals surface area contributed by atoms with Gasteiger partial charge in [-0.1, -0.05) is 18.2 Å². The molecule has 2 rings (SSSR count). The molecule has 2 aromatic carbocycles. The number of rotatable bonds is 5. The molecule has 110 valence electrons. The van der Waals surface area contributed by atoms with Gasteiger partial charge in [0, 0.05) is 24.7 Å². The molecule has 0 heterocycles. The summed E-state index contributed by atoms with van der Waals surface area (Å²) in [5.74, 6) is -1.77. The quantitative estimate of drug-likeness (QED) is 0.678. The maximum Gasteiger partial charge on any atom is 0.272 e. The van der Waals surface area contributed by atoms with Crippen molar-refractivity contribution in [2.24, 2.45) is 0 Å². The van der Waals surface area contributed by atoms with E-state index < -0.39 is 16.6 Å². The topological polar surface area (TPSA) is 55.2 Å². The highest BCUT2D eigenvalue weighted by molar-refractivity contribution is 5.44. The van der Waals surface area contributed by atoms with E-state index in [0.29, 0.717) is 24.2 Å². The molecule has 2 aromatic rings. The van der Waals surface area contributed by atoms with Gasteiger partial charge in [-0.25, -0.2) is 8.78 Å². The van der Waals surface area contributed by atoms with Crippen molar-refractivity contribution in [3.8, 4) is 0 Å². The van der Waals surface area contributed by atoms with Gasteiger partial charge in [0.15, 0.2) is 11.6 Å². The van der Waals surface area contributed by atoms with Gasteiger partial charge in [0.2, 0.25) is 0 Å². The highest BCUT2D eigenvalue weighted by Gasteiger charge is 2.12. The SMILES string of the molecule is Cc1c(CNCc2ccc(F)c(F)c2)cccc1[N+](=O)[O-]. The van der Waals surface area contributed by atoms with Gasteiger partial charge in [-0.3, -0.25) is 10.1 Å². The van der Waals surface area contributed by atoms with Crippen LogP contribution in [0.15, 0.2) is 36.4 Å². The molecule has 0 aliphatic heterocycles. The minimum absolute atomic E-state index is 0.0714. The Morgan fingerprint density at radius 2 is 1.90 bits per heavy atom. The van der Waals surface area contributed by atoms with E-state index >= 15 is 0 Å². The molecule has 1 N–H and O–H groups in total. The van der Waals surface area contributed by atoms with E-state index in [4.69, 9.17) is 0 Å². The summed E-state index contributed by atoms with van der Waals surface area (Å²) < 4.78 is 25.9. The van der Waals surface area contributed by atoms with Crippen LogP contribution in [0.2, 0.25) is 0 Å². The molecule has 0 radical (unpaired) electrons. The number of nitro benzene ring substituents is 1. The van der Waals surface area contributed by atoms with Crippen LogP contribution in [-0.2, 0) is 13.1 Å². The van der Waals surface area contributed by atoms with Crippen molar-refractivity contribution in [2.45, 2.75) is 20.0 Å². The monoisotopic (exact) mass is 292 g/mol. The molecule has 0 aliphatic carbocycles. The lowest BCUT2D eigenvalue weighted by Gasteiger charge is -2.08. The highest BCUT2D eigenvalue weighted by Crippen LogP contribution is 2.21. The van der Waals surface area contributed by atoms with E-state index in [0.717, 1.165) is 17.7 Å². The molecular formula is C15H14F2N2O2. The summed E-state index contributed by atoms with van der Waals surface area (Å²) in [5, 5.41) is 13.9. The second kappa shape index (κ2) is 6.41. The van der Waals surface area contributed by atoms with Gasteiger partial charge in [0.1, 0.15) is 0 Å². The van der Waals surface area contributed by atoms with Gasteiger partial charge in [-0.15, -0.1) is 0 Å². The standard InChI is InChI=1S/C15H14F2N2O2/c1-10-12(3-2-4-15(10)19(20)21)9-18-8-11-5-6-13(16)14(17)7-11/h2-7,18H,8-9H2,1H3. The normalized spacial score (nSPS) is 10.6. The molecule has 0 spiro atoms. The van der Waals surface area contributed by atoms with Crippen LogP contribution in [0.4, 0.5) is 14.5 Å². The molecule has 0 atom stereocenters. The smallest absolute Gasteiger partial charge is 0.272 e. The largest absolute Gasteiger partial charge is 0.309 e. The number of nitro groups is 1. The Balaban J connectivity index is 2.02. The Morgan fingerprint density at radius 1 is 1.14 bits per heavy atom. The van der Waals surface area contributed by atoms with Crippen LogP contribution in [0.5, 0.6) is 0 Å². The maximum absolute atomic E-state index is 13.1. The van der Waals surface area contributed by atoms with Crippen LogP contribution >= 0.6 is 0 Å². The average Bonchev–Trinajstić information content (AvgIpc) is 2.44. The van der Waals surface area contributed by atoms with Crippen molar-refractivity contribution >= 4 is 5.69 Å². The Bertz CT molecular complexity index is 675. The Kier molecular flexibility index (Phi) is 4.59. The van der Waals surface area contributed by atoms with Crippen LogP contribution in [0.3, 0.4) is 0 Å². The zero-order valence-corrected chi connectivity index (χ0v) is 11.4. The first-order valence-electron chi connectivity index (χ1n) is 6.36. The fourth-order valence-electron chi connectivity index (χ4n) is 2.05. The number of benzene rings is 2. The number of halogens is 2. The van der Waals surface area contributed by atoms with Crippen LogP contribution in [0.1, 0.15) is 16.7 Å². The summed E-state index contributed by atoms with van der Waals surface area (Å²) in [6, 6.07) is 8.56. The van der Waals surface area contributed by atoms with Gasteiger partial charge in [-0.2, -0.15) is 0 Å². The van der Waals surface area contributed by atoms with Crippen molar-refractivity contribution < 1.29 is 13.7 Å². The minimum atomic E-state index is -0.888. The van der Waals surface area contributed by atoms with Gasteiger partial charge >= 0.3 is 0 Å². The Morgan fingerprint density at radius 3 is 2.57 bits per heavy atom. The number of nitrogens with zero attached hydrogens (tertiary/aromatic N) is 1. The molecule has 0 fully saturated rings. The lowest BCUT2D eigenvalue weighted by Crippen LogP contribution is -2.14. The van der Waals surface area contributed by atoms with Crippen LogP contribution in [0.25, 0.3) is 0 Å². The molecule has 0 unspecified atom stereocenters. The maximum atomic E-state index is 13.1. The fourth-order valence-corrected chi connectivity index (χ4v) is 2.05. The van der Waals surface area contributed by atoms with Gasteiger partial charge in [-0.05, 0) is 30.2 Å². The Hall–Kier alpha value is -2.34. The predicted octanol–water partition coefficient (Wildman–Crippen LogP) is 3.47. The minimum Gasteiger partial charge on any atom is -0.309 e. The first-order valence-corrected chi connectivity index (χ1v) is 6.36. The third kappa shape index (κ3) is 3.61. The van der Waals surface area contributed by atoms with Crippen molar-refractivity contribution in [1.29, 1.82) is 0 Å². The average molecular weight is 292 g/mol. The third-order valence-electron chi connectivity index (χ3n) is 3.24. The fraction of sp³-hybridized carbons (Fsp3) is 0.200. The molecule has 4 nitrogen and oxygen atoms in total. The number of hydrogen-bond acceptors (Lipinski definition) is 3. The first-order chi connectivity index (χ1) is 9.99. The van der Waals surface area contributed by atoms with E-state index in [9.17, 15) is 18.9 Å². The summed E-state index contributed by atoms with van der Waals surface area (Å²) in [5.41, 5.74) is 2.08. The molecule has 0 aromatic heterocycles. The van der Waals surface area contributed by atoms with Gasteiger partial charge in [0.25, 0.3) is 5.69 Å². The van der Waals surface area contributed by atoms with Crippen molar-refractivity contribution in [1.82, 2.24) is 5.32 Å². The second-order valence-corrected chi connectivity index (χ2v) is 4.67. The molecule has 21 heavy (non-hydrogen) atoms. The van der Waals surface area contributed by atoms with E-state index in [1.54, 1.807) is 19.1 Å². The molecule has 0 saturated carbocycles. The Labute approximate surface area is 120 Å². The molecule has 0 amide bonds. The van der Waals surface area contributed by atoms with Gasteiger partial charge < -0.3 is 5.32 Å². The predicted molar refractivity (Wildman–Crippen MR) is 74.7 cm³/mol. The van der Waals surface area contributed by atoms with Gasteiger partial charge in [0.05, 0.1) is 4.92 Å². The zero-order valence-electron chi connectivity index (χ0n) is 11.4. The lowest BCUT2D eigenvalue weighted by molar-refractivity contribution is -0.385. The molecule has 0 aliphatic rings. The van der Waals surface area contributed by atoms with Crippen molar-refractivity contribution in [2.75, 3.05) is 0 Å². The van der Waals surface area contributed by atoms with E-state index in [1.165, 1.54) is 12.1 Å². The second-order valence-electron chi connectivity index (χ2n) is 4.67. The molecule has 6 heteroatoms. The third-order valence-corrected chi connectivity index (χ3v) is 3.24. The van der Waals surface area contributed by atoms with Crippen molar-refractivity contribution in [3.63, 3.8) is 0 Å². The van der Waals surface area contributed by atoms with Crippen LogP contribution in [-0.4, -0.2) is 4.92 Å². The zero-order chi connectivity index (χ0) is 15.4. The van der Waals surface area contributed by atoms with E-state index in [2.05, 4.69) is 5.32 Å². The van der Waals surface area contributed by atoms with E-state index in [-0.39, 0.29) is 5.69 Å².